The van der Waals surface area contributed by atoms with Crippen molar-refractivity contribution in [3.05, 3.63) is 96.6 Å². The number of benzene rings is 2. The number of nitrogens with zero attached hydrogens (tertiary/aromatic N) is 2. The Balaban J connectivity index is 1.43. The summed E-state index contributed by atoms with van der Waals surface area (Å²) in [6, 6.07) is 14.8. The molecule has 170 valence electrons. The lowest BCUT2D eigenvalue weighted by Gasteiger charge is -2.24. The van der Waals surface area contributed by atoms with Crippen LogP contribution in [0, 0.1) is 0 Å². The fraction of sp³-hybridized carbons (Fsp3) is 0.320. The predicted octanol–water partition coefficient (Wildman–Crippen LogP) is 4.27. The zero-order valence-electron chi connectivity index (χ0n) is 17.9. The number of fused-ring (bicyclic) bond motifs is 1. The highest BCUT2D eigenvalue weighted by molar-refractivity contribution is 9.10. The maximum absolute atomic E-state index is 13.1. The van der Waals surface area contributed by atoms with Crippen LogP contribution < -0.4 is 5.56 Å². The number of rotatable bonds is 4. The number of hydrogen-bond donors (Lipinski definition) is 2. The van der Waals surface area contributed by atoms with E-state index in [1.54, 1.807) is 24.3 Å². The van der Waals surface area contributed by atoms with Crippen molar-refractivity contribution in [2.45, 2.75) is 43.7 Å². The summed E-state index contributed by atoms with van der Waals surface area (Å²) in [6.45, 7) is 0.566. The highest BCUT2D eigenvalue weighted by Crippen LogP contribution is 2.52. The molecule has 0 radical (unpaired) electrons. The lowest BCUT2D eigenvalue weighted by Crippen LogP contribution is -2.36. The van der Waals surface area contributed by atoms with Gasteiger partial charge < -0.3 is 15.0 Å². The average molecular weight is 529 g/mol. The highest BCUT2D eigenvalue weighted by Gasteiger charge is 2.48. The molecule has 1 fully saturated rings. The highest BCUT2D eigenvalue weighted by atomic mass is 79.9. The van der Waals surface area contributed by atoms with E-state index in [2.05, 4.69) is 33.0 Å². The lowest BCUT2D eigenvalue weighted by molar-refractivity contribution is -0.141. The van der Waals surface area contributed by atoms with Crippen LogP contribution in [-0.2, 0) is 23.2 Å². The van der Waals surface area contributed by atoms with Gasteiger partial charge in [0.25, 0.3) is 11.5 Å². The van der Waals surface area contributed by atoms with E-state index < -0.39 is 12.0 Å². The molecule has 33 heavy (non-hydrogen) atoms. The number of aromatic nitrogens is 2. The van der Waals surface area contributed by atoms with Gasteiger partial charge in [0, 0.05) is 16.0 Å². The first-order chi connectivity index (χ1) is 15.9. The van der Waals surface area contributed by atoms with Crippen LogP contribution in [0.2, 0.25) is 5.02 Å². The van der Waals surface area contributed by atoms with Crippen molar-refractivity contribution in [3.8, 4) is 0 Å². The summed E-state index contributed by atoms with van der Waals surface area (Å²) in [4.78, 5) is 35.6. The van der Waals surface area contributed by atoms with E-state index in [1.165, 1.54) is 4.90 Å². The van der Waals surface area contributed by atoms with Crippen LogP contribution in [0.3, 0.4) is 0 Å². The van der Waals surface area contributed by atoms with E-state index in [9.17, 15) is 14.7 Å². The van der Waals surface area contributed by atoms with E-state index in [0.29, 0.717) is 41.4 Å². The molecule has 2 N–H and O–H groups in total. The number of amides is 1. The van der Waals surface area contributed by atoms with Crippen LogP contribution >= 0.6 is 27.5 Å². The van der Waals surface area contributed by atoms with Gasteiger partial charge in [-0.2, -0.15) is 0 Å². The minimum Gasteiger partial charge on any atom is -0.378 e. The first kappa shape index (κ1) is 22.3. The summed E-state index contributed by atoms with van der Waals surface area (Å²) in [6.07, 6.45) is 1.81. The Kier molecular flexibility index (Phi) is 5.89. The number of hydrogen-bond acceptors (Lipinski definition) is 4. The third-order valence-corrected chi connectivity index (χ3v) is 7.31. The molecule has 0 unspecified atom stereocenters. The molecule has 5 rings (SSSR count). The van der Waals surface area contributed by atoms with Gasteiger partial charge in [0.1, 0.15) is 5.82 Å². The molecule has 2 heterocycles. The van der Waals surface area contributed by atoms with Crippen LogP contribution in [0.15, 0.2) is 57.8 Å². The van der Waals surface area contributed by atoms with Crippen LogP contribution in [0.25, 0.3) is 0 Å². The standard InChI is InChI=1S/C25H23BrClN3O3/c26-17-6-2-5-16(13-17)25(9-10-25)24-28-20-8-3-11-30(14-19(20)22(32)29-24)23(33)21(31)15-4-1-7-18(27)12-15/h1-2,4-7,12-13,21,31H,3,8-11,14H2,(H,28,29,32)/t21-/m1/s1. The first-order valence-electron chi connectivity index (χ1n) is 11.0. The lowest BCUT2D eigenvalue weighted by atomic mass is 9.94. The number of halogens is 2. The Morgan fingerprint density at radius 2 is 2.00 bits per heavy atom. The summed E-state index contributed by atoms with van der Waals surface area (Å²) in [5.74, 6) is 0.254. The molecule has 0 spiro atoms. The van der Waals surface area contributed by atoms with Gasteiger partial charge in [-0.25, -0.2) is 4.98 Å². The van der Waals surface area contributed by atoms with Crippen molar-refractivity contribution in [1.82, 2.24) is 14.9 Å². The molecule has 1 aliphatic carbocycles. The second kappa shape index (κ2) is 8.70. The third kappa shape index (κ3) is 4.25. The summed E-state index contributed by atoms with van der Waals surface area (Å²) in [7, 11) is 0. The maximum Gasteiger partial charge on any atom is 0.256 e. The van der Waals surface area contributed by atoms with Crippen LogP contribution in [0.1, 0.15) is 53.6 Å². The van der Waals surface area contributed by atoms with Crippen LogP contribution in [-0.4, -0.2) is 32.4 Å². The predicted molar refractivity (Wildman–Crippen MR) is 129 cm³/mol. The Hall–Kier alpha value is -2.48. The molecule has 0 saturated heterocycles. The van der Waals surface area contributed by atoms with Gasteiger partial charge in [-0.15, -0.1) is 0 Å². The quantitative estimate of drug-likeness (QED) is 0.529. The van der Waals surface area contributed by atoms with Crippen molar-refractivity contribution in [1.29, 1.82) is 0 Å². The third-order valence-electron chi connectivity index (χ3n) is 6.58. The molecule has 3 aromatic rings. The van der Waals surface area contributed by atoms with Gasteiger partial charge in [-0.3, -0.25) is 9.59 Å². The van der Waals surface area contributed by atoms with E-state index in [1.807, 2.05) is 12.1 Å². The van der Waals surface area contributed by atoms with Gasteiger partial charge in [-0.05, 0) is 61.1 Å². The van der Waals surface area contributed by atoms with Crippen molar-refractivity contribution < 1.29 is 9.90 Å². The number of carbonyl (C=O) groups excluding carboxylic acids is 1. The van der Waals surface area contributed by atoms with Gasteiger partial charge in [-0.1, -0.05) is 51.8 Å². The monoisotopic (exact) mass is 527 g/mol. The average Bonchev–Trinajstić information content (AvgIpc) is 3.62. The van der Waals surface area contributed by atoms with Crippen molar-refractivity contribution >= 4 is 33.4 Å². The molecule has 1 atom stereocenters. The molecular formula is C25H23BrClN3O3. The molecule has 1 saturated carbocycles. The number of nitrogens with one attached hydrogen (secondary N) is 1. The Morgan fingerprint density at radius 3 is 2.73 bits per heavy atom. The van der Waals surface area contributed by atoms with Gasteiger partial charge in [0.2, 0.25) is 0 Å². The van der Waals surface area contributed by atoms with Crippen molar-refractivity contribution in [3.63, 3.8) is 0 Å². The largest absolute Gasteiger partial charge is 0.378 e. The van der Waals surface area contributed by atoms with Crippen LogP contribution in [0.5, 0.6) is 0 Å². The molecule has 2 aromatic carbocycles. The fourth-order valence-corrected chi connectivity index (χ4v) is 5.20. The number of carbonyl (C=O) groups is 1. The second-order valence-corrected chi connectivity index (χ2v) is 10.1. The molecule has 1 aromatic heterocycles. The second-order valence-electron chi connectivity index (χ2n) is 8.75. The number of aliphatic hydroxyl groups excluding tert-OH is 1. The van der Waals surface area contributed by atoms with Gasteiger partial charge in [0.15, 0.2) is 6.10 Å². The van der Waals surface area contributed by atoms with E-state index in [-0.39, 0.29) is 17.5 Å². The minimum atomic E-state index is -1.33. The minimum absolute atomic E-state index is 0.123. The summed E-state index contributed by atoms with van der Waals surface area (Å²) < 4.78 is 0.996. The van der Waals surface area contributed by atoms with Crippen LogP contribution in [0.4, 0.5) is 0 Å². The van der Waals surface area contributed by atoms with E-state index in [4.69, 9.17) is 16.6 Å². The molecule has 0 bridgehead atoms. The Labute approximate surface area is 204 Å². The number of aryl methyl sites for hydroxylation is 1. The Bertz CT molecular complexity index is 1290. The zero-order chi connectivity index (χ0) is 23.2. The first-order valence-corrected chi connectivity index (χ1v) is 12.2. The topological polar surface area (TPSA) is 86.3 Å². The van der Waals surface area contributed by atoms with E-state index >= 15 is 0 Å². The number of aromatic amines is 1. The Morgan fingerprint density at radius 1 is 1.21 bits per heavy atom. The van der Waals surface area contributed by atoms with E-state index in [0.717, 1.165) is 28.6 Å². The normalized spacial score (nSPS) is 17.7. The number of H-pyrrole nitrogens is 1. The maximum atomic E-state index is 13.1. The summed E-state index contributed by atoms with van der Waals surface area (Å²) in [5, 5.41) is 11.1. The molecule has 1 amide bonds. The van der Waals surface area contributed by atoms with Gasteiger partial charge >= 0.3 is 0 Å². The summed E-state index contributed by atoms with van der Waals surface area (Å²) in [5.41, 5.74) is 2.32. The van der Waals surface area contributed by atoms with Crippen molar-refractivity contribution in [2.24, 2.45) is 0 Å². The SMILES string of the molecule is O=C([C@H](O)c1cccc(Cl)c1)N1CCCc2nc(C3(c4cccc(Br)c4)CC3)[nH]c(=O)c2C1. The van der Waals surface area contributed by atoms with Crippen molar-refractivity contribution in [2.75, 3.05) is 6.54 Å². The number of aliphatic hydroxyl groups is 1. The molecule has 2 aliphatic rings. The molecule has 1 aliphatic heterocycles. The molecular weight excluding hydrogens is 506 g/mol. The molecule has 6 nitrogen and oxygen atoms in total. The fourth-order valence-electron chi connectivity index (χ4n) is 4.60. The zero-order valence-corrected chi connectivity index (χ0v) is 20.2. The van der Waals surface area contributed by atoms with Gasteiger partial charge in [0.05, 0.1) is 23.2 Å². The summed E-state index contributed by atoms with van der Waals surface area (Å²) >= 11 is 9.55. The smallest absolute Gasteiger partial charge is 0.256 e. The molecule has 8 heteroatoms.